The number of carbonyl (C=O) groups excluding carboxylic acids is 1. The van der Waals surface area contributed by atoms with Gasteiger partial charge in [0.2, 0.25) is 5.91 Å². The van der Waals surface area contributed by atoms with Gasteiger partial charge in [-0.2, -0.15) is 0 Å². The van der Waals surface area contributed by atoms with Crippen molar-refractivity contribution in [1.29, 1.82) is 0 Å². The van der Waals surface area contributed by atoms with Crippen LogP contribution in [0.5, 0.6) is 0 Å². The molecule has 0 spiro atoms. The van der Waals surface area contributed by atoms with Crippen LogP contribution in [0.25, 0.3) is 0 Å². The lowest BCUT2D eigenvalue weighted by atomic mass is 10.2. The van der Waals surface area contributed by atoms with Gasteiger partial charge in [-0.1, -0.05) is 0 Å². The van der Waals surface area contributed by atoms with E-state index < -0.39 is 0 Å². The van der Waals surface area contributed by atoms with Gasteiger partial charge >= 0.3 is 0 Å². The zero-order valence-corrected chi connectivity index (χ0v) is 10.7. The Morgan fingerprint density at radius 2 is 2.12 bits per heavy atom. The summed E-state index contributed by atoms with van der Waals surface area (Å²) in [5.74, 6) is 1.01. The van der Waals surface area contributed by atoms with Gasteiger partial charge in [0.15, 0.2) is 0 Å². The number of nitrogens with one attached hydrogen (secondary N) is 2. The lowest BCUT2D eigenvalue weighted by Crippen LogP contribution is -2.36. The molecule has 2 aliphatic rings. The van der Waals surface area contributed by atoms with E-state index >= 15 is 0 Å². The fourth-order valence-corrected chi connectivity index (χ4v) is 2.10. The summed E-state index contributed by atoms with van der Waals surface area (Å²) in [4.78, 5) is 11.4. The summed E-state index contributed by atoms with van der Waals surface area (Å²) in [6.45, 7) is 1.71. The summed E-state index contributed by atoms with van der Waals surface area (Å²) in [7, 11) is 1.75. The maximum atomic E-state index is 11.4. The van der Waals surface area contributed by atoms with Gasteiger partial charge in [-0.15, -0.1) is 0 Å². The Balaban J connectivity index is 1.50. The van der Waals surface area contributed by atoms with E-state index in [0.717, 1.165) is 25.5 Å². The minimum atomic E-state index is 0.212. The van der Waals surface area contributed by atoms with Crippen LogP contribution < -0.4 is 10.6 Å². The number of hydrogen-bond acceptors (Lipinski definition) is 3. The van der Waals surface area contributed by atoms with Crippen LogP contribution in [0.1, 0.15) is 38.5 Å². The quantitative estimate of drug-likeness (QED) is 0.593. The van der Waals surface area contributed by atoms with Crippen molar-refractivity contribution in [3.8, 4) is 0 Å². The molecule has 0 heterocycles. The molecule has 1 unspecified atom stereocenters. The standard InChI is InChI=1S/C13H24N2O2/c1-17-9-12(10-4-5-10)14-8-2-3-13(16)15-11-6-7-11/h10-12,14H,2-9H2,1H3,(H,15,16). The SMILES string of the molecule is COCC(NCCCC(=O)NC1CC1)C1CC1. The number of methoxy groups -OCH3 is 1. The predicted molar refractivity (Wildman–Crippen MR) is 66.8 cm³/mol. The van der Waals surface area contributed by atoms with Crippen molar-refractivity contribution in [1.82, 2.24) is 10.6 Å². The third-order valence-electron chi connectivity index (χ3n) is 3.47. The Bertz CT molecular complexity index is 250. The number of amides is 1. The fraction of sp³-hybridized carbons (Fsp3) is 0.923. The second kappa shape index (κ2) is 6.36. The van der Waals surface area contributed by atoms with Gasteiger partial charge in [0.1, 0.15) is 0 Å². The average molecular weight is 240 g/mol. The van der Waals surface area contributed by atoms with E-state index in [1.165, 1.54) is 25.7 Å². The molecule has 0 aromatic heterocycles. The van der Waals surface area contributed by atoms with Crippen molar-refractivity contribution in [3.63, 3.8) is 0 Å². The van der Waals surface area contributed by atoms with Gasteiger partial charge in [-0.3, -0.25) is 4.79 Å². The molecule has 0 aromatic carbocycles. The van der Waals surface area contributed by atoms with Crippen LogP contribution >= 0.6 is 0 Å². The number of ether oxygens (including phenoxy) is 1. The Morgan fingerprint density at radius 3 is 2.71 bits per heavy atom. The monoisotopic (exact) mass is 240 g/mol. The summed E-state index contributed by atoms with van der Waals surface area (Å²) >= 11 is 0. The molecule has 2 saturated carbocycles. The molecule has 0 aromatic rings. The molecule has 0 bridgehead atoms. The molecule has 4 heteroatoms. The number of hydrogen-bond donors (Lipinski definition) is 2. The van der Waals surface area contributed by atoms with Gasteiger partial charge in [0, 0.05) is 25.6 Å². The first-order valence-electron chi connectivity index (χ1n) is 6.81. The molecule has 0 radical (unpaired) electrons. The smallest absolute Gasteiger partial charge is 0.220 e. The molecule has 2 fully saturated rings. The van der Waals surface area contributed by atoms with E-state index in [1.807, 2.05) is 0 Å². The van der Waals surface area contributed by atoms with E-state index in [2.05, 4.69) is 10.6 Å². The van der Waals surface area contributed by atoms with Crippen LogP contribution in [-0.4, -0.2) is 38.3 Å². The predicted octanol–water partition coefficient (Wildman–Crippen LogP) is 1.06. The van der Waals surface area contributed by atoms with Crippen molar-refractivity contribution in [2.24, 2.45) is 5.92 Å². The average Bonchev–Trinajstić information content (AvgIpc) is 3.13. The van der Waals surface area contributed by atoms with E-state index in [1.54, 1.807) is 7.11 Å². The zero-order chi connectivity index (χ0) is 12.1. The van der Waals surface area contributed by atoms with Gasteiger partial charge in [-0.25, -0.2) is 0 Å². The van der Waals surface area contributed by atoms with Crippen LogP contribution in [-0.2, 0) is 9.53 Å². The molecule has 0 aliphatic heterocycles. The normalized spacial score (nSPS) is 21.2. The second-order valence-corrected chi connectivity index (χ2v) is 5.30. The summed E-state index contributed by atoms with van der Waals surface area (Å²) in [6.07, 6.45) is 6.55. The lowest BCUT2D eigenvalue weighted by molar-refractivity contribution is -0.121. The molecule has 4 nitrogen and oxygen atoms in total. The molecule has 1 atom stereocenters. The first kappa shape index (κ1) is 12.8. The van der Waals surface area contributed by atoms with E-state index in [-0.39, 0.29) is 5.91 Å². The molecule has 98 valence electrons. The molecule has 17 heavy (non-hydrogen) atoms. The van der Waals surface area contributed by atoms with Crippen LogP contribution in [0.15, 0.2) is 0 Å². The molecule has 2 rings (SSSR count). The number of rotatable bonds is 9. The van der Waals surface area contributed by atoms with Crippen LogP contribution in [0.3, 0.4) is 0 Å². The molecule has 0 saturated heterocycles. The van der Waals surface area contributed by atoms with Crippen LogP contribution in [0.2, 0.25) is 0 Å². The molecule has 1 amide bonds. The van der Waals surface area contributed by atoms with Gasteiger partial charge in [-0.05, 0) is 44.6 Å². The summed E-state index contributed by atoms with van der Waals surface area (Å²) in [5, 5.41) is 6.51. The van der Waals surface area contributed by atoms with Crippen LogP contribution in [0, 0.1) is 5.92 Å². The van der Waals surface area contributed by atoms with Crippen molar-refractivity contribution < 1.29 is 9.53 Å². The molecule has 2 aliphatic carbocycles. The highest BCUT2D eigenvalue weighted by Gasteiger charge is 2.30. The van der Waals surface area contributed by atoms with Crippen molar-refractivity contribution in [2.45, 2.75) is 50.6 Å². The lowest BCUT2D eigenvalue weighted by Gasteiger charge is -2.17. The Hall–Kier alpha value is -0.610. The van der Waals surface area contributed by atoms with Crippen molar-refractivity contribution in [3.05, 3.63) is 0 Å². The Morgan fingerprint density at radius 1 is 1.35 bits per heavy atom. The van der Waals surface area contributed by atoms with E-state index in [9.17, 15) is 4.79 Å². The number of carbonyl (C=O) groups is 1. The summed E-state index contributed by atoms with van der Waals surface area (Å²) in [6, 6.07) is 0.981. The third kappa shape index (κ3) is 5.04. The molecular formula is C13H24N2O2. The van der Waals surface area contributed by atoms with Gasteiger partial charge in [0.05, 0.1) is 6.61 Å². The summed E-state index contributed by atoms with van der Waals surface area (Å²) < 4.78 is 5.20. The maximum Gasteiger partial charge on any atom is 0.220 e. The largest absolute Gasteiger partial charge is 0.383 e. The highest BCUT2D eigenvalue weighted by atomic mass is 16.5. The van der Waals surface area contributed by atoms with E-state index in [4.69, 9.17) is 4.74 Å². The minimum absolute atomic E-state index is 0.212. The third-order valence-corrected chi connectivity index (χ3v) is 3.47. The summed E-state index contributed by atoms with van der Waals surface area (Å²) in [5.41, 5.74) is 0. The van der Waals surface area contributed by atoms with Gasteiger partial charge in [0.25, 0.3) is 0 Å². The van der Waals surface area contributed by atoms with Crippen molar-refractivity contribution >= 4 is 5.91 Å². The Labute approximate surface area is 103 Å². The Kier molecular flexibility index (Phi) is 4.80. The first-order chi connectivity index (χ1) is 8.29. The highest BCUT2D eigenvalue weighted by molar-refractivity contribution is 5.76. The fourth-order valence-electron chi connectivity index (χ4n) is 2.10. The second-order valence-electron chi connectivity index (χ2n) is 5.30. The van der Waals surface area contributed by atoms with Crippen LogP contribution in [0.4, 0.5) is 0 Å². The van der Waals surface area contributed by atoms with E-state index in [0.29, 0.717) is 18.5 Å². The topological polar surface area (TPSA) is 50.4 Å². The minimum Gasteiger partial charge on any atom is -0.383 e. The molecular weight excluding hydrogens is 216 g/mol. The molecule has 2 N–H and O–H groups in total. The van der Waals surface area contributed by atoms with Gasteiger partial charge < -0.3 is 15.4 Å². The first-order valence-corrected chi connectivity index (χ1v) is 6.81. The zero-order valence-electron chi connectivity index (χ0n) is 10.7. The highest BCUT2D eigenvalue weighted by Crippen LogP contribution is 2.32. The maximum absolute atomic E-state index is 11.4. The van der Waals surface area contributed by atoms with Crippen molar-refractivity contribution in [2.75, 3.05) is 20.3 Å².